The Kier molecular flexibility index (Phi) is 13.6. The molecule has 0 radical (unpaired) electrons. The fourth-order valence-electron chi connectivity index (χ4n) is 6.33. The first-order valence-electron chi connectivity index (χ1n) is 18.1. The average molecular weight is 725 g/mol. The Hall–Kier alpha value is -4.49. The number of hydrogen-bond acceptors (Lipinski definition) is 6. The summed E-state index contributed by atoms with van der Waals surface area (Å²) < 4.78 is 41.2. The molecular weight excluding hydrogens is 679 g/mol. The summed E-state index contributed by atoms with van der Waals surface area (Å²) in [7, 11) is -1.31. The molecule has 270 valence electrons. The van der Waals surface area contributed by atoms with Crippen LogP contribution in [0.3, 0.4) is 0 Å². The zero-order chi connectivity index (χ0) is 35.9. The van der Waals surface area contributed by atoms with Crippen molar-refractivity contribution in [1.82, 2.24) is 0 Å². The van der Waals surface area contributed by atoms with E-state index in [1.165, 1.54) is 0 Å². The summed E-state index contributed by atoms with van der Waals surface area (Å²) in [6.45, 7) is 1.77. The van der Waals surface area contributed by atoms with Gasteiger partial charge in [-0.15, -0.1) is 0 Å². The van der Waals surface area contributed by atoms with E-state index in [0.29, 0.717) is 26.4 Å². The van der Waals surface area contributed by atoms with Crippen molar-refractivity contribution < 1.29 is 28.2 Å². The van der Waals surface area contributed by atoms with E-state index in [1.807, 2.05) is 109 Å². The van der Waals surface area contributed by atoms with Gasteiger partial charge in [0, 0.05) is 10.6 Å². The quantitative estimate of drug-likeness (QED) is 0.0878. The van der Waals surface area contributed by atoms with E-state index in [-0.39, 0.29) is 6.61 Å². The lowest BCUT2D eigenvalue weighted by Crippen LogP contribution is -2.61. The normalized spacial score (nSPS) is 20.0. The molecule has 1 aliphatic heterocycles. The Bertz CT molecular complexity index is 1840. The summed E-state index contributed by atoms with van der Waals surface area (Å²) in [6.07, 6.45) is -3.12. The molecule has 1 heterocycles. The van der Waals surface area contributed by atoms with Gasteiger partial charge in [0.25, 0.3) is 0 Å². The van der Waals surface area contributed by atoms with Gasteiger partial charge >= 0.3 is 0 Å². The Balaban J connectivity index is 1.25. The highest BCUT2D eigenvalue weighted by Gasteiger charge is 2.50. The zero-order valence-electron chi connectivity index (χ0n) is 29.6. The third-order valence-electron chi connectivity index (χ3n) is 9.03. The van der Waals surface area contributed by atoms with E-state index in [1.54, 1.807) is 0 Å². The van der Waals surface area contributed by atoms with Gasteiger partial charge in [-0.05, 0) is 22.3 Å². The SMILES string of the molecule is c1ccc(COC[C@H]2OC(OP(c3ccccc3)c3ccccc3)[C@H](OCc3ccccc3)[C@@H](OCc3ccccc3)[C@@H]2OCc2ccccc2)cc1. The van der Waals surface area contributed by atoms with Crippen molar-refractivity contribution >= 4 is 18.8 Å². The van der Waals surface area contributed by atoms with Crippen molar-refractivity contribution in [2.45, 2.75) is 57.1 Å². The minimum absolute atomic E-state index is 0.263. The first-order chi connectivity index (χ1) is 26.3. The predicted octanol–water partition coefficient (Wildman–Crippen LogP) is 8.75. The van der Waals surface area contributed by atoms with Gasteiger partial charge in [0.15, 0.2) is 6.29 Å². The molecule has 6 aromatic rings. The summed E-state index contributed by atoms with van der Waals surface area (Å²) >= 11 is 0. The summed E-state index contributed by atoms with van der Waals surface area (Å²) in [5, 5.41) is 2.14. The van der Waals surface area contributed by atoms with Gasteiger partial charge in [-0.3, -0.25) is 0 Å². The van der Waals surface area contributed by atoms with Crippen molar-refractivity contribution in [3.05, 3.63) is 204 Å². The lowest BCUT2D eigenvalue weighted by molar-refractivity contribution is -0.308. The second-order valence-corrected chi connectivity index (χ2v) is 14.7. The number of rotatable bonds is 17. The van der Waals surface area contributed by atoms with Crippen LogP contribution in [0.15, 0.2) is 182 Å². The smallest absolute Gasteiger partial charge is 0.191 e. The molecule has 6 nitrogen and oxygen atoms in total. The van der Waals surface area contributed by atoms with E-state index in [4.69, 9.17) is 28.2 Å². The van der Waals surface area contributed by atoms with Crippen LogP contribution in [0.25, 0.3) is 0 Å². The molecule has 0 aliphatic carbocycles. The zero-order valence-corrected chi connectivity index (χ0v) is 30.5. The van der Waals surface area contributed by atoms with Gasteiger partial charge in [-0.25, -0.2) is 0 Å². The molecule has 7 rings (SSSR count). The van der Waals surface area contributed by atoms with Crippen LogP contribution in [0.4, 0.5) is 0 Å². The molecule has 0 saturated carbocycles. The summed E-state index contributed by atoms with van der Waals surface area (Å²) in [4.78, 5) is 0. The maximum Gasteiger partial charge on any atom is 0.191 e. The maximum absolute atomic E-state index is 7.18. The van der Waals surface area contributed by atoms with Crippen molar-refractivity contribution in [2.24, 2.45) is 0 Å². The first kappa shape index (κ1) is 36.9. The van der Waals surface area contributed by atoms with Crippen LogP contribution in [0.1, 0.15) is 22.3 Å². The Morgan fingerprint density at radius 2 is 0.755 bits per heavy atom. The topological polar surface area (TPSA) is 55.4 Å². The number of hydrogen-bond donors (Lipinski definition) is 0. The number of ether oxygens (including phenoxy) is 5. The lowest BCUT2D eigenvalue weighted by Gasteiger charge is -2.46. The van der Waals surface area contributed by atoms with Gasteiger partial charge in [-0.2, -0.15) is 0 Å². The van der Waals surface area contributed by atoms with E-state index in [0.717, 1.165) is 32.9 Å². The fourth-order valence-corrected chi connectivity index (χ4v) is 8.14. The second-order valence-electron chi connectivity index (χ2n) is 12.9. The van der Waals surface area contributed by atoms with Crippen LogP contribution >= 0.6 is 8.15 Å². The highest BCUT2D eigenvalue weighted by atomic mass is 31.1. The van der Waals surface area contributed by atoms with Crippen molar-refractivity contribution in [1.29, 1.82) is 0 Å². The molecule has 1 fully saturated rings. The molecule has 0 bridgehead atoms. The number of benzene rings is 6. The van der Waals surface area contributed by atoms with Crippen LogP contribution in [-0.4, -0.2) is 37.3 Å². The van der Waals surface area contributed by atoms with E-state index in [2.05, 4.69) is 72.8 Å². The van der Waals surface area contributed by atoms with Crippen molar-refractivity contribution in [3.8, 4) is 0 Å². The monoisotopic (exact) mass is 724 g/mol. The van der Waals surface area contributed by atoms with Crippen LogP contribution in [-0.2, 0) is 54.6 Å². The maximum atomic E-state index is 7.18. The van der Waals surface area contributed by atoms with E-state index in [9.17, 15) is 0 Å². The second kappa shape index (κ2) is 19.5. The Morgan fingerprint density at radius 3 is 1.19 bits per heavy atom. The van der Waals surface area contributed by atoms with Gasteiger partial charge in [-0.1, -0.05) is 182 Å². The highest BCUT2D eigenvalue weighted by molar-refractivity contribution is 7.68. The van der Waals surface area contributed by atoms with Crippen molar-refractivity contribution in [3.63, 3.8) is 0 Å². The molecular formula is C46H45O6P. The van der Waals surface area contributed by atoms with Gasteiger partial charge in [0.1, 0.15) is 24.4 Å². The van der Waals surface area contributed by atoms with Gasteiger partial charge in [0.05, 0.1) is 41.2 Å². The summed E-state index contributed by atoms with van der Waals surface area (Å²) in [6, 6.07) is 61.3. The minimum Gasteiger partial charge on any atom is -0.374 e. The summed E-state index contributed by atoms with van der Waals surface area (Å²) in [5.41, 5.74) is 4.22. The Morgan fingerprint density at radius 1 is 0.396 bits per heavy atom. The highest BCUT2D eigenvalue weighted by Crippen LogP contribution is 2.41. The van der Waals surface area contributed by atoms with Gasteiger partial charge < -0.3 is 28.2 Å². The van der Waals surface area contributed by atoms with Crippen LogP contribution in [0.2, 0.25) is 0 Å². The molecule has 0 spiro atoms. The first-order valence-corrected chi connectivity index (χ1v) is 19.4. The van der Waals surface area contributed by atoms with Crippen LogP contribution < -0.4 is 10.6 Å². The molecule has 0 N–H and O–H groups in total. The Labute approximate surface area is 314 Å². The van der Waals surface area contributed by atoms with E-state index >= 15 is 0 Å². The molecule has 0 aromatic heterocycles. The average Bonchev–Trinajstić information content (AvgIpc) is 3.23. The lowest BCUT2D eigenvalue weighted by atomic mass is 9.98. The van der Waals surface area contributed by atoms with Crippen LogP contribution in [0.5, 0.6) is 0 Å². The summed E-state index contributed by atoms with van der Waals surface area (Å²) in [5.74, 6) is 0. The van der Waals surface area contributed by atoms with E-state index < -0.39 is 38.9 Å². The molecule has 0 amide bonds. The van der Waals surface area contributed by atoms with Crippen LogP contribution in [0, 0.1) is 0 Å². The molecule has 7 heteroatoms. The largest absolute Gasteiger partial charge is 0.374 e. The predicted molar refractivity (Wildman–Crippen MR) is 210 cm³/mol. The van der Waals surface area contributed by atoms with Gasteiger partial charge in [0.2, 0.25) is 0 Å². The molecule has 53 heavy (non-hydrogen) atoms. The third kappa shape index (κ3) is 10.6. The molecule has 5 atom stereocenters. The van der Waals surface area contributed by atoms with Crippen molar-refractivity contribution in [2.75, 3.05) is 6.61 Å². The fraction of sp³-hybridized carbons (Fsp3) is 0.217. The molecule has 6 aromatic carbocycles. The molecule has 1 aliphatic rings. The third-order valence-corrected chi connectivity index (χ3v) is 11.0. The minimum atomic E-state index is -1.31. The standard InChI is InChI=1S/C46H45O6P/c1-7-19-36(20-8-1)31-47-35-42-43(48-32-37-21-9-2-10-22-37)44(49-33-38-23-11-3-12-24-38)45(50-34-39-25-13-4-14-26-39)46(51-42)52-53(40-27-15-5-16-28-40)41-29-17-6-18-30-41/h1-30,42-46H,31-35H2/t42-,43-,44+,45-,46?/m1/s1. The molecule has 1 saturated heterocycles. The molecule has 1 unspecified atom stereocenters.